The number of benzene rings is 1. The Balaban J connectivity index is 1.64. The number of aromatic nitrogens is 2. The highest BCUT2D eigenvalue weighted by atomic mass is 79.9. The number of carbonyl (C=O) groups excluding carboxylic acids is 2. The van der Waals surface area contributed by atoms with Crippen LogP contribution in [0.2, 0.25) is 0 Å². The van der Waals surface area contributed by atoms with Gasteiger partial charge in [-0.25, -0.2) is 0 Å². The molecule has 0 saturated carbocycles. The molecule has 0 radical (unpaired) electrons. The van der Waals surface area contributed by atoms with Crippen LogP contribution < -0.4 is 10.2 Å². The monoisotopic (exact) mass is 410 g/mol. The van der Waals surface area contributed by atoms with Crippen molar-refractivity contribution in [3.8, 4) is 0 Å². The number of amides is 2. The van der Waals surface area contributed by atoms with E-state index in [1.165, 1.54) is 11.3 Å². The van der Waals surface area contributed by atoms with E-state index in [0.29, 0.717) is 23.3 Å². The second-order valence-corrected chi connectivity index (χ2v) is 7.28. The molecule has 3 rings (SSSR count). The standard InChI is InChI=1S/C15H15BrN4O3S/c1-23-8-12-18-19-15(24-12)17-14(22)9-6-13(21)20(7-9)11-4-2-10(16)3-5-11/h2-5,9H,6-8H2,1H3,(H,17,19,22)/t9-/m0/s1. The van der Waals surface area contributed by atoms with Crippen LogP contribution in [0.3, 0.4) is 0 Å². The molecule has 2 aromatic rings. The van der Waals surface area contributed by atoms with Crippen molar-refractivity contribution in [2.24, 2.45) is 5.92 Å². The highest BCUT2D eigenvalue weighted by Gasteiger charge is 2.35. The Morgan fingerprint density at radius 1 is 1.42 bits per heavy atom. The summed E-state index contributed by atoms with van der Waals surface area (Å²) >= 11 is 4.63. The van der Waals surface area contributed by atoms with E-state index in [-0.39, 0.29) is 18.2 Å². The zero-order valence-electron chi connectivity index (χ0n) is 12.9. The number of anilines is 2. The van der Waals surface area contributed by atoms with Gasteiger partial charge in [0.1, 0.15) is 11.6 Å². The average Bonchev–Trinajstić information content (AvgIpc) is 3.15. The number of hydrogen-bond donors (Lipinski definition) is 1. The highest BCUT2D eigenvalue weighted by molar-refractivity contribution is 9.10. The van der Waals surface area contributed by atoms with Crippen LogP contribution >= 0.6 is 27.3 Å². The fourth-order valence-electron chi connectivity index (χ4n) is 2.45. The van der Waals surface area contributed by atoms with Crippen molar-refractivity contribution in [3.63, 3.8) is 0 Å². The maximum absolute atomic E-state index is 12.4. The number of nitrogens with one attached hydrogen (secondary N) is 1. The minimum absolute atomic E-state index is 0.0604. The molecule has 0 bridgehead atoms. The Morgan fingerprint density at radius 2 is 2.17 bits per heavy atom. The van der Waals surface area contributed by atoms with E-state index in [4.69, 9.17) is 4.74 Å². The number of methoxy groups -OCH3 is 1. The molecule has 0 spiro atoms. The maximum atomic E-state index is 12.4. The number of rotatable bonds is 5. The summed E-state index contributed by atoms with van der Waals surface area (Å²) in [5.74, 6) is -0.686. The lowest BCUT2D eigenvalue weighted by molar-refractivity contribution is -0.122. The van der Waals surface area contributed by atoms with E-state index in [2.05, 4.69) is 31.4 Å². The van der Waals surface area contributed by atoms with Gasteiger partial charge in [0, 0.05) is 30.2 Å². The van der Waals surface area contributed by atoms with Gasteiger partial charge in [0.2, 0.25) is 16.9 Å². The quantitative estimate of drug-likeness (QED) is 0.817. The summed E-state index contributed by atoms with van der Waals surface area (Å²) in [4.78, 5) is 26.2. The number of nitrogens with zero attached hydrogens (tertiary/aromatic N) is 3. The first-order valence-corrected chi connectivity index (χ1v) is 8.86. The van der Waals surface area contributed by atoms with Gasteiger partial charge in [-0.3, -0.25) is 9.59 Å². The zero-order chi connectivity index (χ0) is 17.1. The Morgan fingerprint density at radius 3 is 2.88 bits per heavy atom. The van der Waals surface area contributed by atoms with E-state index in [1.807, 2.05) is 24.3 Å². The minimum Gasteiger partial charge on any atom is -0.377 e. The molecule has 1 aromatic carbocycles. The normalized spacial score (nSPS) is 17.3. The van der Waals surface area contributed by atoms with Gasteiger partial charge in [-0.05, 0) is 24.3 Å². The molecule has 2 heterocycles. The van der Waals surface area contributed by atoms with Crippen molar-refractivity contribution in [1.29, 1.82) is 0 Å². The lowest BCUT2D eigenvalue weighted by Crippen LogP contribution is -2.28. The van der Waals surface area contributed by atoms with E-state index in [0.717, 1.165) is 10.2 Å². The third kappa shape index (κ3) is 3.80. The second kappa shape index (κ2) is 7.37. The Kier molecular flexibility index (Phi) is 5.22. The zero-order valence-corrected chi connectivity index (χ0v) is 15.3. The first kappa shape index (κ1) is 17.0. The van der Waals surface area contributed by atoms with Crippen LogP contribution in [0.5, 0.6) is 0 Å². The van der Waals surface area contributed by atoms with Crippen LogP contribution in [0, 0.1) is 5.92 Å². The molecule has 1 aromatic heterocycles. The molecule has 1 N–H and O–H groups in total. The summed E-state index contributed by atoms with van der Waals surface area (Å²) in [6, 6.07) is 7.44. The molecule has 24 heavy (non-hydrogen) atoms. The smallest absolute Gasteiger partial charge is 0.231 e. The van der Waals surface area contributed by atoms with Crippen LogP contribution in [-0.4, -0.2) is 35.7 Å². The minimum atomic E-state index is -0.407. The molecule has 7 nitrogen and oxygen atoms in total. The van der Waals surface area contributed by atoms with E-state index in [9.17, 15) is 9.59 Å². The predicted molar refractivity (Wildman–Crippen MR) is 93.9 cm³/mol. The first-order chi connectivity index (χ1) is 11.6. The highest BCUT2D eigenvalue weighted by Crippen LogP contribution is 2.27. The SMILES string of the molecule is COCc1nnc(NC(=O)[C@H]2CC(=O)N(c3ccc(Br)cc3)C2)s1. The molecule has 1 saturated heterocycles. The number of carbonyl (C=O) groups is 2. The largest absolute Gasteiger partial charge is 0.377 e. The lowest BCUT2D eigenvalue weighted by Gasteiger charge is -2.16. The fraction of sp³-hybridized carbons (Fsp3) is 0.333. The molecular weight excluding hydrogens is 396 g/mol. The Bertz CT molecular complexity index is 749. The van der Waals surface area contributed by atoms with Crippen molar-refractivity contribution in [2.75, 3.05) is 23.9 Å². The molecule has 1 atom stereocenters. The van der Waals surface area contributed by atoms with Crippen molar-refractivity contribution < 1.29 is 14.3 Å². The Hall–Kier alpha value is -1.84. The summed E-state index contributed by atoms with van der Waals surface area (Å²) in [5.41, 5.74) is 0.789. The number of hydrogen-bond acceptors (Lipinski definition) is 6. The van der Waals surface area contributed by atoms with Crippen LogP contribution in [0.15, 0.2) is 28.7 Å². The van der Waals surface area contributed by atoms with E-state index in [1.54, 1.807) is 12.0 Å². The summed E-state index contributed by atoms with van der Waals surface area (Å²) in [5, 5.41) is 11.7. The molecular formula is C15H15BrN4O3S. The topological polar surface area (TPSA) is 84.4 Å². The van der Waals surface area contributed by atoms with Gasteiger partial charge in [0.25, 0.3) is 0 Å². The first-order valence-electron chi connectivity index (χ1n) is 7.25. The molecule has 126 valence electrons. The van der Waals surface area contributed by atoms with Gasteiger partial charge < -0.3 is 15.0 Å². The van der Waals surface area contributed by atoms with Crippen molar-refractivity contribution in [3.05, 3.63) is 33.7 Å². The average molecular weight is 411 g/mol. The number of ether oxygens (including phenoxy) is 1. The van der Waals surface area contributed by atoms with E-state index >= 15 is 0 Å². The lowest BCUT2D eigenvalue weighted by atomic mass is 10.1. The molecule has 9 heteroatoms. The van der Waals surface area contributed by atoms with Crippen molar-refractivity contribution >= 4 is 49.9 Å². The summed E-state index contributed by atoms with van der Waals surface area (Å²) < 4.78 is 5.91. The molecule has 1 aliphatic rings. The van der Waals surface area contributed by atoms with Crippen molar-refractivity contribution in [2.45, 2.75) is 13.0 Å². The van der Waals surface area contributed by atoms with Gasteiger partial charge in [-0.15, -0.1) is 10.2 Å². The molecule has 0 unspecified atom stereocenters. The second-order valence-electron chi connectivity index (χ2n) is 5.31. The molecule has 2 amide bonds. The van der Waals surface area contributed by atoms with Crippen LogP contribution in [0.1, 0.15) is 11.4 Å². The van der Waals surface area contributed by atoms with Gasteiger partial charge in [0.15, 0.2) is 0 Å². The number of halogens is 1. The summed E-state index contributed by atoms with van der Waals surface area (Å²) in [7, 11) is 1.57. The van der Waals surface area contributed by atoms with Gasteiger partial charge >= 0.3 is 0 Å². The third-order valence-electron chi connectivity index (χ3n) is 3.60. The van der Waals surface area contributed by atoms with Gasteiger partial charge in [-0.2, -0.15) is 0 Å². The van der Waals surface area contributed by atoms with Gasteiger partial charge in [-0.1, -0.05) is 27.3 Å². The maximum Gasteiger partial charge on any atom is 0.231 e. The van der Waals surface area contributed by atoms with Crippen LogP contribution in [-0.2, 0) is 20.9 Å². The Labute approximate surface area is 151 Å². The fourth-order valence-corrected chi connectivity index (χ4v) is 3.43. The third-order valence-corrected chi connectivity index (χ3v) is 4.94. The molecule has 1 aliphatic heterocycles. The summed E-state index contributed by atoms with van der Waals surface area (Å²) in [6.45, 7) is 0.711. The van der Waals surface area contributed by atoms with Crippen molar-refractivity contribution in [1.82, 2.24) is 10.2 Å². The van der Waals surface area contributed by atoms with Crippen LogP contribution in [0.25, 0.3) is 0 Å². The van der Waals surface area contributed by atoms with Crippen LogP contribution in [0.4, 0.5) is 10.8 Å². The van der Waals surface area contributed by atoms with E-state index < -0.39 is 5.92 Å². The molecule has 1 fully saturated rings. The molecule has 0 aliphatic carbocycles. The van der Waals surface area contributed by atoms with Gasteiger partial charge in [0.05, 0.1) is 5.92 Å². The predicted octanol–water partition coefficient (Wildman–Crippen LogP) is 2.44. The summed E-state index contributed by atoms with van der Waals surface area (Å²) in [6.07, 6.45) is 0.186.